The van der Waals surface area contributed by atoms with Gasteiger partial charge >= 0.3 is 24.6 Å². The van der Waals surface area contributed by atoms with Gasteiger partial charge in [0.1, 0.15) is 0 Å². The molecule has 0 saturated carbocycles. The van der Waals surface area contributed by atoms with Crippen LogP contribution < -0.4 is 18.9 Å². The van der Waals surface area contributed by atoms with Crippen LogP contribution in [0.25, 0.3) is 22.3 Å². The van der Waals surface area contributed by atoms with Gasteiger partial charge in [-0.05, 0) is 41.0 Å². The molecule has 0 aromatic heterocycles. The van der Waals surface area contributed by atoms with E-state index in [0.717, 1.165) is 12.1 Å². The van der Waals surface area contributed by atoms with Gasteiger partial charge in [0.15, 0.2) is 23.0 Å². The predicted molar refractivity (Wildman–Crippen MR) is 112 cm³/mol. The number of carboxylic acid groups (broad SMARTS) is 4. The molecule has 0 amide bonds. The molecule has 0 atom stereocenters. The lowest BCUT2D eigenvalue weighted by Gasteiger charge is -2.18. The van der Waals surface area contributed by atoms with Crippen LogP contribution in [0.4, 0.5) is 19.2 Å². The van der Waals surface area contributed by atoms with E-state index in [2.05, 4.69) is 14.2 Å². The molecule has 174 valence electrons. The highest BCUT2D eigenvalue weighted by Gasteiger charge is 2.24. The van der Waals surface area contributed by atoms with E-state index in [1.807, 2.05) is 0 Å². The molecule has 0 heterocycles. The average molecular weight is 470 g/mol. The van der Waals surface area contributed by atoms with Crippen molar-refractivity contribution in [1.82, 2.24) is 0 Å². The monoisotopic (exact) mass is 470 g/mol. The van der Waals surface area contributed by atoms with Crippen LogP contribution in [0, 0.1) is 0 Å². The summed E-state index contributed by atoms with van der Waals surface area (Å²) in [5, 5.41) is 36.2. The Bertz CT molecular complexity index is 1270. The van der Waals surface area contributed by atoms with Crippen LogP contribution in [0.1, 0.15) is 0 Å². The van der Waals surface area contributed by atoms with Crippen LogP contribution in [0.5, 0.6) is 23.0 Å². The molecule has 0 aliphatic rings. The molecular formula is C22H14O12. The van der Waals surface area contributed by atoms with Crippen LogP contribution in [0.2, 0.25) is 0 Å². The van der Waals surface area contributed by atoms with Crippen molar-refractivity contribution in [2.75, 3.05) is 0 Å². The molecule has 0 radical (unpaired) electrons. The Hall–Kier alpha value is -5.26. The Balaban J connectivity index is 2.35. The molecule has 3 aromatic rings. The van der Waals surface area contributed by atoms with Crippen molar-refractivity contribution < 1.29 is 58.6 Å². The summed E-state index contributed by atoms with van der Waals surface area (Å²) in [5.74, 6) is -1.96. The Morgan fingerprint density at radius 2 is 1.06 bits per heavy atom. The first kappa shape index (κ1) is 23.4. The van der Waals surface area contributed by atoms with E-state index in [4.69, 9.17) is 20.1 Å². The zero-order chi connectivity index (χ0) is 24.8. The summed E-state index contributed by atoms with van der Waals surface area (Å²) in [6, 6.07) is 14.5. The lowest BCUT2D eigenvalue weighted by molar-refractivity contribution is 0.132. The van der Waals surface area contributed by atoms with Crippen LogP contribution in [-0.2, 0) is 0 Å². The molecule has 12 heteroatoms. The Labute approximate surface area is 189 Å². The average Bonchev–Trinajstić information content (AvgIpc) is 2.75. The summed E-state index contributed by atoms with van der Waals surface area (Å²) < 4.78 is 18.7. The highest BCUT2D eigenvalue weighted by molar-refractivity contribution is 5.92. The third-order valence-corrected chi connectivity index (χ3v) is 4.22. The first-order valence-corrected chi connectivity index (χ1v) is 9.15. The first-order valence-electron chi connectivity index (χ1n) is 9.15. The number of ether oxygens (including phenoxy) is 4. The van der Waals surface area contributed by atoms with Crippen LogP contribution >= 0.6 is 0 Å². The Morgan fingerprint density at radius 1 is 0.529 bits per heavy atom. The minimum atomic E-state index is -1.78. The summed E-state index contributed by atoms with van der Waals surface area (Å²) in [6.07, 6.45) is -7.04. The molecule has 34 heavy (non-hydrogen) atoms. The van der Waals surface area contributed by atoms with Gasteiger partial charge in [0.2, 0.25) is 0 Å². The summed E-state index contributed by atoms with van der Waals surface area (Å²) >= 11 is 0. The van der Waals surface area contributed by atoms with Crippen molar-refractivity contribution in [3.05, 3.63) is 60.7 Å². The van der Waals surface area contributed by atoms with E-state index in [1.54, 1.807) is 30.3 Å². The number of hydrogen-bond acceptors (Lipinski definition) is 8. The highest BCUT2D eigenvalue weighted by Crippen LogP contribution is 2.47. The van der Waals surface area contributed by atoms with Crippen molar-refractivity contribution in [3.8, 4) is 45.3 Å². The number of benzene rings is 3. The maximum absolute atomic E-state index is 11.4. The largest absolute Gasteiger partial charge is 0.511 e. The van der Waals surface area contributed by atoms with E-state index < -0.39 is 47.6 Å². The van der Waals surface area contributed by atoms with Crippen molar-refractivity contribution in [1.29, 1.82) is 0 Å². The maximum Gasteiger partial charge on any atom is 0.511 e. The summed E-state index contributed by atoms with van der Waals surface area (Å²) in [4.78, 5) is 44.6. The van der Waals surface area contributed by atoms with Gasteiger partial charge in [0.25, 0.3) is 0 Å². The van der Waals surface area contributed by atoms with E-state index in [0.29, 0.717) is 11.1 Å². The first-order chi connectivity index (χ1) is 16.2. The minimum Gasteiger partial charge on any atom is -0.449 e. The van der Waals surface area contributed by atoms with Gasteiger partial charge in [-0.3, -0.25) is 0 Å². The fraction of sp³-hybridized carbons (Fsp3) is 0. The van der Waals surface area contributed by atoms with Crippen molar-refractivity contribution in [2.45, 2.75) is 0 Å². The SMILES string of the molecule is O=C(O)Oc1ccc(-c2c(-c3ccccc3)ccc(OC(=O)O)c2OC(=O)O)cc1OC(=O)O. The second kappa shape index (κ2) is 9.91. The normalized spacial score (nSPS) is 10.1. The van der Waals surface area contributed by atoms with Gasteiger partial charge in [-0.2, -0.15) is 0 Å². The number of hydrogen-bond donors (Lipinski definition) is 4. The van der Waals surface area contributed by atoms with Gasteiger partial charge in [-0.1, -0.05) is 36.4 Å². The van der Waals surface area contributed by atoms with E-state index in [-0.39, 0.29) is 11.1 Å². The smallest absolute Gasteiger partial charge is 0.449 e. The molecule has 0 saturated heterocycles. The van der Waals surface area contributed by atoms with E-state index in [9.17, 15) is 24.3 Å². The van der Waals surface area contributed by atoms with Gasteiger partial charge in [0.05, 0.1) is 0 Å². The van der Waals surface area contributed by atoms with Gasteiger partial charge in [-0.15, -0.1) is 0 Å². The van der Waals surface area contributed by atoms with Crippen molar-refractivity contribution in [2.24, 2.45) is 0 Å². The quantitative estimate of drug-likeness (QED) is 0.271. The fourth-order valence-electron chi connectivity index (χ4n) is 3.09. The molecule has 12 nitrogen and oxygen atoms in total. The zero-order valence-electron chi connectivity index (χ0n) is 16.8. The van der Waals surface area contributed by atoms with Crippen LogP contribution in [0.15, 0.2) is 60.7 Å². The predicted octanol–water partition coefficient (Wildman–Crippen LogP) is 5.25. The molecule has 0 aliphatic carbocycles. The summed E-state index contributed by atoms with van der Waals surface area (Å²) in [7, 11) is 0. The Kier molecular flexibility index (Phi) is 6.82. The van der Waals surface area contributed by atoms with E-state index in [1.165, 1.54) is 18.2 Å². The van der Waals surface area contributed by atoms with Crippen LogP contribution in [-0.4, -0.2) is 45.0 Å². The third-order valence-electron chi connectivity index (χ3n) is 4.22. The molecule has 3 aromatic carbocycles. The zero-order valence-corrected chi connectivity index (χ0v) is 16.8. The topological polar surface area (TPSA) is 186 Å². The summed E-state index contributed by atoms with van der Waals surface area (Å²) in [6.45, 7) is 0. The third kappa shape index (κ3) is 5.50. The molecule has 0 spiro atoms. The second-order valence-electron chi connectivity index (χ2n) is 6.31. The molecule has 0 unspecified atom stereocenters. The molecular weight excluding hydrogens is 456 g/mol. The standard InChI is InChI=1S/C22H14O12/c23-19(24)31-14-8-6-12(10-16(14)33-21(27)28)17-13(11-4-2-1-3-5-11)7-9-15(32-20(25)26)18(17)34-22(29)30/h1-10H,(H,23,24)(H,25,26)(H,27,28)(H,29,30). The highest BCUT2D eigenvalue weighted by atomic mass is 16.7. The Morgan fingerprint density at radius 3 is 1.65 bits per heavy atom. The molecule has 0 bridgehead atoms. The van der Waals surface area contributed by atoms with Gasteiger partial charge in [-0.25, -0.2) is 19.2 Å². The number of carbonyl (C=O) groups is 4. The molecule has 0 fully saturated rings. The van der Waals surface area contributed by atoms with Crippen LogP contribution in [0.3, 0.4) is 0 Å². The lowest BCUT2D eigenvalue weighted by Crippen LogP contribution is -2.10. The fourth-order valence-corrected chi connectivity index (χ4v) is 3.09. The second-order valence-corrected chi connectivity index (χ2v) is 6.31. The number of rotatable bonds is 6. The molecule has 3 rings (SSSR count). The summed E-state index contributed by atoms with van der Waals surface area (Å²) in [5.41, 5.74) is 0.966. The van der Waals surface area contributed by atoms with E-state index >= 15 is 0 Å². The van der Waals surface area contributed by atoms with Gasteiger partial charge < -0.3 is 39.4 Å². The lowest BCUT2D eigenvalue weighted by atomic mass is 9.93. The van der Waals surface area contributed by atoms with Crippen molar-refractivity contribution in [3.63, 3.8) is 0 Å². The molecule has 0 aliphatic heterocycles. The maximum atomic E-state index is 11.4. The van der Waals surface area contributed by atoms with Crippen molar-refractivity contribution >= 4 is 24.6 Å². The minimum absolute atomic E-state index is 0.00976. The van der Waals surface area contributed by atoms with Gasteiger partial charge in [0, 0.05) is 5.56 Å². The molecule has 4 N–H and O–H groups in total.